The Bertz CT molecular complexity index is 1320. The summed E-state index contributed by atoms with van der Waals surface area (Å²) in [4.78, 5) is 37.9. The number of rotatable bonds is 7. The van der Waals surface area contributed by atoms with E-state index in [0.717, 1.165) is 67.6 Å². The van der Waals surface area contributed by atoms with Gasteiger partial charge in [0.15, 0.2) is 5.78 Å². The average molecular weight is 548 g/mol. The molecule has 1 saturated heterocycles. The van der Waals surface area contributed by atoms with Crippen LogP contribution in [-0.2, 0) is 17.8 Å². The van der Waals surface area contributed by atoms with Gasteiger partial charge >= 0.3 is 0 Å². The first kappa shape index (κ1) is 27.8. The molecule has 5 rings (SSSR count). The molecule has 1 fully saturated rings. The van der Waals surface area contributed by atoms with Gasteiger partial charge in [-0.15, -0.1) is 11.3 Å². The Labute approximate surface area is 236 Å². The number of methoxy groups -OCH3 is 1. The topological polar surface area (TPSA) is 62.7 Å². The van der Waals surface area contributed by atoms with E-state index < -0.39 is 0 Å². The molecule has 1 atom stereocenters. The van der Waals surface area contributed by atoms with Crippen molar-refractivity contribution in [3.05, 3.63) is 67.6 Å². The maximum atomic E-state index is 13.8. The molecule has 0 saturated carbocycles. The van der Waals surface area contributed by atoms with Crippen molar-refractivity contribution in [3.63, 3.8) is 0 Å². The molecule has 2 aromatic heterocycles. The predicted molar refractivity (Wildman–Crippen MR) is 157 cm³/mol. The normalized spacial score (nSPS) is 20.1. The molecule has 4 heterocycles. The minimum Gasteiger partial charge on any atom is -0.481 e. The number of aromatic nitrogens is 1. The van der Waals surface area contributed by atoms with Gasteiger partial charge in [0.05, 0.1) is 12.7 Å². The number of fused-ring (bicyclic) bond motifs is 1. The Morgan fingerprint density at radius 3 is 2.62 bits per heavy atom. The molecular formula is C32H41N3O3S. The van der Waals surface area contributed by atoms with Crippen LogP contribution in [0.2, 0.25) is 0 Å². The molecule has 0 N–H and O–H groups in total. The van der Waals surface area contributed by atoms with Gasteiger partial charge in [0.25, 0.3) is 5.91 Å². The number of amides is 1. The second-order valence-electron chi connectivity index (χ2n) is 11.6. The van der Waals surface area contributed by atoms with Gasteiger partial charge in [-0.1, -0.05) is 18.6 Å². The molecule has 1 amide bonds. The number of carbonyl (C=O) groups excluding carboxylic acids is 2. The maximum Gasteiger partial charge on any atom is 0.255 e. The van der Waals surface area contributed by atoms with Gasteiger partial charge in [0, 0.05) is 53.6 Å². The van der Waals surface area contributed by atoms with Gasteiger partial charge in [-0.25, -0.2) is 4.98 Å². The number of carbonyl (C=O) groups is 2. The van der Waals surface area contributed by atoms with E-state index in [0.29, 0.717) is 37.2 Å². The highest BCUT2D eigenvalue weighted by Crippen LogP contribution is 2.42. The molecule has 2 aliphatic heterocycles. The molecule has 7 heteroatoms. The summed E-state index contributed by atoms with van der Waals surface area (Å²) in [7, 11) is 1.66. The zero-order chi connectivity index (χ0) is 27.7. The first-order chi connectivity index (χ1) is 18.7. The van der Waals surface area contributed by atoms with Crippen molar-refractivity contribution in [3.8, 4) is 5.88 Å². The molecule has 0 radical (unpaired) electrons. The Hall–Kier alpha value is -2.77. The number of Topliss-reactive ketones (excluding diaryl/α,β-unsaturated/α-hetero) is 1. The number of ketones is 1. The fourth-order valence-corrected chi connectivity index (χ4v) is 8.05. The molecule has 2 aromatic rings. The smallest absolute Gasteiger partial charge is 0.255 e. The highest BCUT2D eigenvalue weighted by Gasteiger charge is 2.33. The summed E-state index contributed by atoms with van der Waals surface area (Å²) in [6.45, 7) is 12.7. The van der Waals surface area contributed by atoms with Gasteiger partial charge < -0.3 is 9.64 Å². The molecule has 208 valence electrons. The van der Waals surface area contributed by atoms with Crippen LogP contribution in [0.5, 0.6) is 5.88 Å². The number of likely N-dealkylation sites (tertiary alicyclic amines) is 1. The van der Waals surface area contributed by atoms with E-state index in [9.17, 15) is 9.59 Å². The molecular weight excluding hydrogens is 506 g/mol. The Kier molecular flexibility index (Phi) is 8.38. The molecule has 0 unspecified atom stereocenters. The van der Waals surface area contributed by atoms with Crippen molar-refractivity contribution in [2.24, 2.45) is 5.92 Å². The second kappa shape index (κ2) is 11.8. The number of ether oxygens (including phenoxy) is 1. The SMILES string of the molecule is COc1cc(CN2CCC([C@@H](C)c3sc4c(c3C)C(=O)N(CC3=C(C)C=C(C)CC3=O)CCC4)CC2)ccn1. The van der Waals surface area contributed by atoms with Crippen molar-refractivity contribution in [2.45, 2.75) is 72.3 Å². The Morgan fingerprint density at radius 1 is 1.13 bits per heavy atom. The number of aryl methyl sites for hydroxylation is 1. The third-order valence-electron chi connectivity index (χ3n) is 8.82. The minimum atomic E-state index is 0.108. The number of hydrogen-bond donors (Lipinski definition) is 0. The number of pyridine rings is 1. The lowest BCUT2D eigenvalue weighted by Crippen LogP contribution is -2.35. The largest absolute Gasteiger partial charge is 0.481 e. The van der Waals surface area contributed by atoms with E-state index >= 15 is 0 Å². The first-order valence-corrected chi connectivity index (χ1v) is 15.1. The van der Waals surface area contributed by atoms with Crippen LogP contribution in [0.4, 0.5) is 0 Å². The lowest BCUT2D eigenvalue weighted by molar-refractivity contribution is -0.115. The molecule has 6 nitrogen and oxygen atoms in total. The summed E-state index contributed by atoms with van der Waals surface area (Å²) >= 11 is 1.87. The van der Waals surface area contributed by atoms with Gasteiger partial charge in [0.2, 0.25) is 5.88 Å². The van der Waals surface area contributed by atoms with Crippen LogP contribution in [0.25, 0.3) is 0 Å². The van der Waals surface area contributed by atoms with E-state index in [1.807, 2.05) is 42.3 Å². The number of allylic oxidation sites excluding steroid dienone is 3. The van der Waals surface area contributed by atoms with Crippen molar-refractivity contribution >= 4 is 23.0 Å². The third kappa shape index (κ3) is 5.90. The third-order valence-corrected chi connectivity index (χ3v) is 10.4. The van der Waals surface area contributed by atoms with E-state index in [2.05, 4.69) is 35.9 Å². The average Bonchev–Trinajstić information content (AvgIpc) is 3.16. The fraction of sp³-hybridized carbons (Fsp3) is 0.531. The molecule has 39 heavy (non-hydrogen) atoms. The van der Waals surface area contributed by atoms with Crippen LogP contribution in [0.15, 0.2) is 41.1 Å². The summed E-state index contributed by atoms with van der Waals surface area (Å²) in [5, 5.41) is 0. The zero-order valence-electron chi connectivity index (χ0n) is 24.0. The van der Waals surface area contributed by atoms with Gasteiger partial charge in [0.1, 0.15) is 0 Å². The van der Waals surface area contributed by atoms with E-state index in [4.69, 9.17) is 4.74 Å². The minimum absolute atomic E-state index is 0.108. The lowest BCUT2D eigenvalue weighted by atomic mass is 9.83. The van der Waals surface area contributed by atoms with E-state index in [-0.39, 0.29) is 11.7 Å². The van der Waals surface area contributed by atoms with Crippen molar-refractivity contribution in [1.29, 1.82) is 0 Å². The van der Waals surface area contributed by atoms with Gasteiger partial charge in [-0.2, -0.15) is 0 Å². The first-order valence-electron chi connectivity index (χ1n) is 14.3. The molecule has 0 aromatic carbocycles. The second-order valence-corrected chi connectivity index (χ2v) is 12.7. The van der Waals surface area contributed by atoms with Crippen LogP contribution in [0.3, 0.4) is 0 Å². The quantitative estimate of drug-likeness (QED) is 0.419. The number of piperidine rings is 1. The van der Waals surface area contributed by atoms with Crippen LogP contribution >= 0.6 is 11.3 Å². The zero-order valence-corrected chi connectivity index (χ0v) is 24.8. The summed E-state index contributed by atoms with van der Waals surface area (Å²) in [6, 6.07) is 4.09. The van der Waals surface area contributed by atoms with Crippen LogP contribution in [-0.4, -0.2) is 59.8 Å². The van der Waals surface area contributed by atoms with Gasteiger partial charge in [-0.3, -0.25) is 14.5 Å². The van der Waals surface area contributed by atoms with E-state index in [1.165, 1.54) is 20.9 Å². The van der Waals surface area contributed by atoms with Crippen LogP contribution in [0, 0.1) is 12.8 Å². The molecule has 1 aliphatic carbocycles. The summed E-state index contributed by atoms with van der Waals surface area (Å²) in [5.74, 6) is 1.99. The standard InChI is InChI=1S/C32H41N3O3S/c1-20-15-21(2)26(27(36)16-20)19-35-12-6-7-28-30(32(35)37)23(4)31(39-28)22(3)25-9-13-34(14-10-25)18-24-8-11-33-29(17-24)38-5/h8,11,15,17,22,25H,6-7,9-10,12-14,16,18-19H2,1-5H3/t22-/m1/s1. The number of nitrogens with zero attached hydrogens (tertiary/aromatic N) is 3. The monoisotopic (exact) mass is 547 g/mol. The molecule has 0 spiro atoms. The fourth-order valence-electron chi connectivity index (χ4n) is 6.56. The van der Waals surface area contributed by atoms with Crippen LogP contribution in [0.1, 0.15) is 83.6 Å². The lowest BCUT2D eigenvalue weighted by Gasteiger charge is -2.35. The van der Waals surface area contributed by atoms with Crippen molar-refractivity contribution in [1.82, 2.24) is 14.8 Å². The summed E-state index contributed by atoms with van der Waals surface area (Å²) in [5.41, 5.74) is 6.23. The molecule has 3 aliphatic rings. The number of hydrogen-bond acceptors (Lipinski definition) is 6. The van der Waals surface area contributed by atoms with Gasteiger partial charge in [-0.05, 0) is 94.1 Å². The van der Waals surface area contributed by atoms with Crippen LogP contribution < -0.4 is 4.74 Å². The van der Waals surface area contributed by atoms with Crippen molar-refractivity contribution < 1.29 is 14.3 Å². The summed E-state index contributed by atoms with van der Waals surface area (Å²) in [6.07, 6.45) is 8.59. The van der Waals surface area contributed by atoms with Crippen molar-refractivity contribution in [2.75, 3.05) is 33.3 Å². The highest BCUT2D eigenvalue weighted by atomic mass is 32.1. The van der Waals surface area contributed by atoms with E-state index in [1.54, 1.807) is 7.11 Å². The number of thiophene rings is 1. The highest BCUT2D eigenvalue weighted by molar-refractivity contribution is 7.12. The predicted octanol–water partition coefficient (Wildman–Crippen LogP) is 6.10. The Balaban J connectivity index is 1.27. The maximum absolute atomic E-state index is 13.8. The summed E-state index contributed by atoms with van der Waals surface area (Å²) < 4.78 is 5.29. The Morgan fingerprint density at radius 2 is 1.90 bits per heavy atom. The molecule has 0 bridgehead atoms.